The lowest BCUT2D eigenvalue weighted by Crippen LogP contribution is -2.08. The number of nitrogens with zero attached hydrogens (tertiary/aromatic N) is 2. The molecule has 2 heterocycles. The summed E-state index contributed by atoms with van der Waals surface area (Å²) < 4.78 is 6.94. The number of hydrogen-bond donors (Lipinski definition) is 0. The molecule has 0 aliphatic heterocycles. The minimum absolute atomic E-state index is 0.286. The van der Waals surface area contributed by atoms with Crippen LogP contribution in [0.3, 0.4) is 0 Å². The Morgan fingerprint density at radius 1 is 1.34 bits per heavy atom. The standard InChI is InChI=1S/C22H22Cl2N2O2S/c1-4-6-7-8-15-11-12-29-21(15)20-14(3)19(22(27)28-5-2)25-26(20)18-10-9-16(23)13-17(18)24/h4,9-13H,1,5-8H2,2-3H3. The largest absolute Gasteiger partial charge is 0.461 e. The molecule has 0 unspecified atom stereocenters. The highest BCUT2D eigenvalue weighted by Crippen LogP contribution is 2.37. The minimum atomic E-state index is -0.445. The van der Waals surface area contributed by atoms with E-state index in [1.165, 1.54) is 5.56 Å². The molecule has 0 radical (unpaired) electrons. The van der Waals surface area contributed by atoms with Gasteiger partial charge in [-0.15, -0.1) is 17.9 Å². The van der Waals surface area contributed by atoms with Crippen molar-refractivity contribution in [3.8, 4) is 16.3 Å². The van der Waals surface area contributed by atoms with Gasteiger partial charge in [-0.3, -0.25) is 0 Å². The van der Waals surface area contributed by atoms with Gasteiger partial charge in [0.25, 0.3) is 0 Å². The Balaban J connectivity index is 2.18. The van der Waals surface area contributed by atoms with Gasteiger partial charge in [-0.25, -0.2) is 9.48 Å². The normalized spacial score (nSPS) is 10.9. The Labute approximate surface area is 184 Å². The fourth-order valence-corrected chi connectivity index (χ4v) is 4.69. The van der Waals surface area contributed by atoms with Gasteiger partial charge < -0.3 is 4.74 Å². The van der Waals surface area contributed by atoms with Gasteiger partial charge in [-0.2, -0.15) is 5.10 Å². The summed E-state index contributed by atoms with van der Waals surface area (Å²) in [6.07, 6.45) is 4.80. The Morgan fingerprint density at radius 3 is 2.83 bits per heavy atom. The first-order valence-corrected chi connectivity index (χ1v) is 11.0. The fraction of sp³-hybridized carbons (Fsp3) is 0.273. The predicted molar refractivity (Wildman–Crippen MR) is 121 cm³/mol. The SMILES string of the molecule is C=CCCCc1ccsc1-c1c(C)c(C(=O)OCC)nn1-c1ccc(Cl)cc1Cl. The van der Waals surface area contributed by atoms with Crippen LogP contribution < -0.4 is 0 Å². The smallest absolute Gasteiger partial charge is 0.359 e. The van der Waals surface area contributed by atoms with E-state index in [1.807, 2.05) is 13.0 Å². The molecular weight excluding hydrogens is 427 g/mol. The van der Waals surface area contributed by atoms with Crippen molar-refractivity contribution in [1.29, 1.82) is 0 Å². The highest BCUT2D eigenvalue weighted by Gasteiger charge is 2.25. The van der Waals surface area contributed by atoms with Gasteiger partial charge in [-0.1, -0.05) is 29.3 Å². The zero-order valence-corrected chi connectivity index (χ0v) is 18.7. The maximum Gasteiger partial charge on any atom is 0.359 e. The number of ether oxygens (including phenoxy) is 1. The van der Waals surface area contributed by atoms with E-state index in [0.29, 0.717) is 21.4 Å². The van der Waals surface area contributed by atoms with Gasteiger partial charge in [0.2, 0.25) is 0 Å². The lowest BCUT2D eigenvalue weighted by Gasteiger charge is -2.11. The number of benzene rings is 1. The number of thiophene rings is 1. The number of esters is 1. The molecule has 3 aromatic rings. The fourth-order valence-electron chi connectivity index (χ4n) is 3.16. The number of allylic oxidation sites excluding steroid dienone is 1. The topological polar surface area (TPSA) is 44.1 Å². The summed E-state index contributed by atoms with van der Waals surface area (Å²) in [6.45, 7) is 7.75. The second-order valence-electron chi connectivity index (χ2n) is 6.51. The molecule has 29 heavy (non-hydrogen) atoms. The van der Waals surface area contributed by atoms with Gasteiger partial charge in [0.05, 0.1) is 27.9 Å². The molecule has 4 nitrogen and oxygen atoms in total. The molecule has 0 spiro atoms. The molecule has 0 atom stereocenters. The highest BCUT2D eigenvalue weighted by atomic mass is 35.5. The van der Waals surface area contributed by atoms with Crippen molar-refractivity contribution < 1.29 is 9.53 Å². The van der Waals surface area contributed by atoms with E-state index in [9.17, 15) is 4.79 Å². The lowest BCUT2D eigenvalue weighted by molar-refractivity contribution is 0.0518. The maximum absolute atomic E-state index is 12.5. The van der Waals surface area contributed by atoms with Crippen LogP contribution in [0, 0.1) is 6.92 Å². The van der Waals surface area contributed by atoms with Crippen LogP contribution in [0.1, 0.15) is 41.4 Å². The van der Waals surface area contributed by atoms with E-state index >= 15 is 0 Å². The minimum Gasteiger partial charge on any atom is -0.461 e. The van der Waals surface area contributed by atoms with E-state index in [-0.39, 0.29) is 6.61 Å². The van der Waals surface area contributed by atoms with Gasteiger partial charge >= 0.3 is 5.97 Å². The summed E-state index contributed by atoms with van der Waals surface area (Å²) in [6, 6.07) is 7.35. The van der Waals surface area contributed by atoms with E-state index in [1.54, 1.807) is 41.1 Å². The molecule has 0 amide bonds. The molecule has 3 rings (SSSR count). The zero-order valence-electron chi connectivity index (χ0n) is 16.4. The van der Waals surface area contributed by atoms with Gasteiger partial charge in [0, 0.05) is 10.6 Å². The number of unbranched alkanes of at least 4 members (excludes halogenated alkanes) is 1. The molecule has 0 N–H and O–H groups in total. The van der Waals surface area contributed by atoms with Crippen molar-refractivity contribution in [3.63, 3.8) is 0 Å². The molecule has 1 aromatic carbocycles. The molecule has 0 bridgehead atoms. The first-order valence-electron chi connectivity index (χ1n) is 9.37. The van der Waals surface area contributed by atoms with E-state index in [2.05, 4.69) is 23.1 Å². The number of hydrogen-bond acceptors (Lipinski definition) is 4. The summed E-state index contributed by atoms with van der Waals surface area (Å²) in [5.74, 6) is -0.445. The van der Waals surface area contributed by atoms with E-state index in [4.69, 9.17) is 27.9 Å². The van der Waals surface area contributed by atoms with Gasteiger partial charge in [-0.05, 0) is 68.3 Å². The quantitative estimate of drug-likeness (QED) is 0.213. The van der Waals surface area contributed by atoms with Crippen LogP contribution in [0.5, 0.6) is 0 Å². The van der Waals surface area contributed by atoms with E-state index in [0.717, 1.165) is 35.4 Å². The highest BCUT2D eigenvalue weighted by molar-refractivity contribution is 7.13. The zero-order chi connectivity index (χ0) is 21.0. The number of carbonyl (C=O) groups excluding carboxylic acids is 1. The van der Waals surface area contributed by atoms with Crippen LogP contribution in [0.15, 0.2) is 42.3 Å². The molecule has 0 saturated carbocycles. The third-order valence-electron chi connectivity index (χ3n) is 4.55. The monoisotopic (exact) mass is 448 g/mol. The summed E-state index contributed by atoms with van der Waals surface area (Å²) in [4.78, 5) is 13.6. The van der Waals surface area contributed by atoms with Crippen molar-refractivity contribution in [2.75, 3.05) is 6.61 Å². The van der Waals surface area contributed by atoms with E-state index < -0.39 is 5.97 Å². The Kier molecular flexibility index (Phi) is 7.17. The average Bonchev–Trinajstić information content (AvgIpc) is 3.26. The number of aryl methyl sites for hydroxylation is 1. The first kappa shape index (κ1) is 21.6. The number of rotatable bonds is 8. The first-order chi connectivity index (χ1) is 14.0. The number of halogens is 2. The molecule has 0 saturated heterocycles. The van der Waals surface area contributed by atoms with Crippen LogP contribution in [-0.2, 0) is 11.2 Å². The Morgan fingerprint density at radius 2 is 2.14 bits per heavy atom. The van der Waals surface area contributed by atoms with Gasteiger partial charge in [0.15, 0.2) is 5.69 Å². The Hall–Kier alpha value is -2.08. The van der Waals surface area contributed by atoms with Crippen molar-refractivity contribution in [2.24, 2.45) is 0 Å². The third kappa shape index (κ3) is 4.58. The Bertz CT molecular complexity index is 1040. The van der Waals surface area contributed by atoms with Crippen LogP contribution in [0.2, 0.25) is 10.0 Å². The van der Waals surface area contributed by atoms with Crippen LogP contribution in [0.4, 0.5) is 0 Å². The van der Waals surface area contributed by atoms with Crippen molar-refractivity contribution in [1.82, 2.24) is 9.78 Å². The second kappa shape index (κ2) is 9.61. The summed E-state index contributed by atoms with van der Waals surface area (Å²) in [7, 11) is 0. The molecule has 152 valence electrons. The average molecular weight is 449 g/mol. The second-order valence-corrected chi connectivity index (χ2v) is 8.27. The molecule has 0 fully saturated rings. The third-order valence-corrected chi connectivity index (χ3v) is 6.05. The molecular formula is C22H22Cl2N2O2S. The molecule has 2 aromatic heterocycles. The summed E-state index contributed by atoms with van der Waals surface area (Å²) in [5, 5.41) is 7.64. The lowest BCUT2D eigenvalue weighted by atomic mass is 10.1. The van der Waals surface area contributed by atoms with Crippen molar-refractivity contribution in [2.45, 2.75) is 33.1 Å². The van der Waals surface area contributed by atoms with Crippen LogP contribution in [0.25, 0.3) is 16.3 Å². The number of carbonyl (C=O) groups is 1. The van der Waals surface area contributed by atoms with Crippen molar-refractivity contribution >= 4 is 40.5 Å². The van der Waals surface area contributed by atoms with Crippen molar-refractivity contribution in [3.05, 3.63) is 69.2 Å². The molecule has 0 aliphatic carbocycles. The number of aromatic nitrogens is 2. The predicted octanol–water partition coefficient (Wildman–Crippen LogP) is 6.90. The van der Waals surface area contributed by atoms with Gasteiger partial charge in [0.1, 0.15) is 0 Å². The summed E-state index contributed by atoms with van der Waals surface area (Å²) >= 11 is 14.2. The summed E-state index contributed by atoms with van der Waals surface area (Å²) in [5.41, 5.74) is 3.78. The molecule has 7 heteroatoms. The maximum atomic E-state index is 12.5. The molecule has 0 aliphatic rings. The van der Waals surface area contributed by atoms with Crippen LogP contribution in [-0.4, -0.2) is 22.4 Å². The van der Waals surface area contributed by atoms with Crippen LogP contribution >= 0.6 is 34.5 Å².